The van der Waals surface area contributed by atoms with Crippen LogP contribution in [0.3, 0.4) is 0 Å². The Morgan fingerprint density at radius 3 is 2.33 bits per heavy atom. The number of nitrogens with zero attached hydrogens (tertiary/aromatic N) is 1. The van der Waals surface area contributed by atoms with E-state index in [-0.39, 0.29) is 34.8 Å². The molecule has 0 spiro atoms. The Morgan fingerprint density at radius 2 is 1.78 bits per heavy atom. The maximum Gasteiger partial charge on any atom is 0.328 e. The van der Waals surface area contributed by atoms with Crippen LogP contribution in [0.4, 0.5) is 4.39 Å². The van der Waals surface area contributed by atoms with E-state index >= 15 is 0 Å². The van der Waals surface area contributed by atoms with Gasteiger partial charge < -0.3 is 19.5 Å². The summed E-state index contributed by atoms with van der Waals surface area (Å²) in [6.07, 6.45) is 2.51. The molecule has 36 heavy (non-hydrogen) atoms. The lowest BCUT2D eigenvalue weighted by Crippen LogP contribution is -2.42. The van der Waals surface area contributed by atoms with Crippen molar-refractivity contribution in [3.8, 4) is 11.5 Å². The van der Waals surface area contributed by atoms with Crippen molar-refractivity contribution in [3.05, 3.63) is 53.1 Å². The average Bonchev–Trinajstić information content (AvgIpc) is 2.82. The van der Waals surface area contributed by atoms with E-state index in [0.29, 0.717) is 0 Å². The van der Waals surface area contributed by atoms with E-state index in [2.05, 4.69) is 24.1 Å². The van der Waals surface area contributed by atoms with Crippen LogP contribution in [0.25, 0.3) is 0 Å². The third-order valence-corrected chi connectivity index (χ3v) is 6.21. The van der Waals surface area contributed by atoms with Gasteiger partial charge in [-0.15, -0.1) is 0 Å². The maximum absolute atomic E-state index is 13.7. The van der Waals surface area contributed by atoms with Crippen molar-refractivity contribution >= 4 is 17.8 Å². The minimum absolute atomic E-state index is 0.139. The molecule has 0 fully saturated rings. The third-order valence-electron chi connectivity index (χ3n) is 6.21. The van der Waals surface area contributed by atoms with Gasteiger partial charge >= 0.3 is 11.9 Å². The Morgan fingerprint density at radius 1 is 1.11 bits per heavy atom. The van der Waals surface area contributed by atoms with Crippen LogP contribution in [0.5, 0.6) is 11.5 Å². The van der Waals surface area contributed by atoms with Crippen molar-refractivity contribution in [1.82, 2.24) is 10.3 Å². The first-order valence-electron chi connectivity index (χ1n) is 12.0. The first kappa shape index (κ1) is 28.7. The molecule has 0 saturated carbocycles. The maximum atomic E-state index is 13.7. The highest BCUT2D eigenvalue weighted by atomic mass is 19.1. The summed E-state index contributed by atoms with van der Waals surface area (Å²) in [7, 11) is 1.37. The molecule has 1 aromatic carbocycles. The first-order chi connectivity index (χ1) is 17.0. The number of pyridine rings is 1. The van der Waals surface area contributed by atoms with Gasteiger partial charge in [-0.05, 0) is 49.9 Å². The Bertz CT molecular complexity index is 1090. The quantitative estimate of drug-likeness (QED) is 0.443. The number of hydrogen-bond acceptors (Lipinski definition) is 7. The van der Waals surface area contributed by atoms with Crippen molar-refractivity contribution in [1.29, 1.82) is 0 Å². The molecule has 0 radical (unpaired) electrons. The van der Waals surface area contributed by atoms with Gasteiger partial charge in [-0.1, -0.05) is 32.8 Å². The molecule has 1 heterocycles. The van der Waals surface area contributed by atoms with Crippen LogP contribution < -0.4 is 14.8 Å². The molecule has 0 aliphatic carbocycles. The molecule has 2 aromatic rings. The van der Waals surface area contributed by atoms with E-state index in [4.69, 9.17) is 14.2 Å². The molecule has 2 rings (SSSR count). The van der Waals surface area contributed by atoms with Gasteiger partial charge in [0, 0.05) is 25.1 Å². The van der Waals surface area contributed by atoms with Gasteiger partial charge in [0.15, 0.2) is 11.4 Å². The van der Waals surface area contributed by atoms with Crippen LogP contribution in [0.1, 0.15) is 75.0 Å². The van der Waals surface area contributed by atoms with Crippen molar-refractivity contribution in [2.75, 3.05) is 7.11 Å². The van der Waals surface area contributed by atoms with Gasteiger partial charge in [0.2, 0.25) is 5.75 Å². The summed E-state index contributed by atoms with van der Waals surface area (Å²) in [5, 5.41) is 2.55. The van der Waals surface area contributed by atoms with Crippen molar-refractivity contribution in [3.63, 3.8) is 0 Å². The van der Waals surface area contributed by atoms with Gasteiger partial charge in [0.1, 0.15) is 18.0 Å². The second-order valence-electron chi connectivity index (χ2n) is 8.73. The van der Waals surface area contributed by atoms with Crippen molar-refractivity contribution in [2.45, 2.75) is 72.4 Å². The summed E-state index contributed by atoms with van der Waals surface area (Å²) in [4.78, 5) is 41.3. The topological polar surface area (TPSA) is 104 Å². The highest BCUT2D eigenvalue weighted by Gasteiger charge is 2.32. The molecule has 9 heteroatoms. The van der Waals surface area contributed by atoms with E-state index in [1.807, 2.05) is 6.92 Å². The number of rotatable bonds is 11. The standard InChI is InChI=1S/C27H35FN2O6/c1-8-19(9-2)23(21-11-10-20(28)14-15(21)3)17(5)35-27(33)16(4)30-26(32)24-25(36-18(6)31)22(34-7)12-13-29-24/h10-14,16-17,19,23H,8-9H2,1-7H3,(H,30,32)/t16-,17-,23-/m0/s1. The zero-order valence-electron chi connectivity index (χ0n) is 21.9. The van der Waals surface area contributed by atoms with Gasteiger partial charge in [-0.2, -0.15) is 0 Å². The monoisotopic (exact) mass is 502 g/mol. The molecular weight excluding hydrogens is 467 g/mol. The summed E-state index contributed by atoms with van der Waals surface area (Å²) in [5.41, 5.74) is 1.51. The van der Waals surface area contributed by atoms with Crippen LogP contribution in [-0.4, -0.2) is 42.1 Å². The van der Waals surface area contributed by atoms with E-state index < -0.39 is 30.0 Å². The number of ether oxygens (including phenoxy) is 3. The number of carbonyl (C=O) groups is 3. The Balaban J connectivity index is 2.22. The zero-order valence-corrected chi connectivity index (χ0v) is 21.9. The lowest BCUT2D eigenvalue weighted by atomic mass is 9.78. The van der Waals surface area contributed by atoms with Crippen LogP contribution in [0.15, 0.2) is 30.5 Å². The second-order valence-corrected chi connectivity index (χ2v) is 8.73. The van der Waals surface area contributed by atoms with Crippen LogP contribution in [0.2, 0.25) is 0 Å². The number of nitrogens with one attached hydrogen (secondary N) is 1. The summed E-state index contributed by atoms with van der Waals surface area (Å²) in [6.45, 7) is 10.5. The van der Waals surface area contributed by atoms with Crippen molar-refractivity contribution in [2.24, 2.45) is 5.92 Å². The van der Waals surface area contributed by atoms with Gasteiger partial charge in [0.05, 0.1) is 7.11 Å². The average molecular weight is 503 g/mol. The second kappa shape index (κ2) is 13.0. The fourth-order valence-electron chi connectivity index (χ4n) is 4.38. The van der Waals surface area contributed by atoms with Crippen molar-refractivity contribution < 1.29 is 33.0 Å². The predicted molar refractivity (Wildman–Crippen MR) is 133 cm³/mol. The Hall–Kier alpha value is -3.49. The van der Waals surface area contributed by atoms with Crippen LogP contribution in [-0.2, 0) is 14.3 Å². The SMILES string of the molecule is CCC(CC)[C@@H](c1ccc(F)cc1C)[C@H](C)OC(=O)[C@H](C)NC(=O)c1nccc(OC)c1OC(C)=O. The van der Waals surface area contributed by atoms with Gasteiger partial charge in [-0.3, -0.25) is 9.59 Å². The molecule has 1 aromatic heterocycles. The predicted octanol–water partition coefficient (Wildman–Crippen LogP) is 4.73. The molecule has 196 valence electrons. The highest BCUT2D eigenvalue weighted by Crippen LogP contribution is 2.36. The largest absolute Gasteiger partial charge is 0.493 e. The lowest BCUT2D eigenvalue weighted by molar-refractivity contribution is -0.152. The molecule has 3 atom stereocenters. The Labute approximate surface area is 211 Å². The summed E-state index contributed by atoms with van der Waals surface area (Å²) >= 11 is 0. The molecule has 1 N–H and O–H groups in total. The molecule has 0 aliphatic heterocycles. The van der Waals surface area contributed by atoms with Crippen LogP contribution >= 0.6 is 0 Å². The number of hydrogen-bond donors (Lipinski definition) is 1. The number of benzene rings is 1. The molecular formula is C27H35FN2O6. The zero-order chi connectivity index (χ0) is 27.0. The normalized spacial score (nSPS) is 13.5. The van der Waals surface area contributed by atoms with E-state index in [1.165, 1.54) is 45.4 Å². The molecule has 0 saturated heterocycles. The molecule has 0 aliphatic rings. The van der Waals surface area contributed by atoms with Gasteiger partial charge in [-0.25, -0.2) is 14.2 Å². The smallest absolute Gasteiger partial charge is 0.328 e. The summed E-state index contributed by atoms with van der Waals surface area (Å²) in [5.74, 6) is -2.27. The van der Waals surface area contributed by atoms with E-state index in [1.54, 1.807) is 13.0 Å². The number of methoxy groups -OCH3 is 1. The van der Waals surface area contributed by atoms with E-state index in [0.717, 1.165) is 24.0 Å². The number of halogens is 1. The fraction of sp³-hybridized carbons (Fsp3) is 0.481. The molecule has 0 bridgehead atoms. The minimum Gasteiger partial charge on any atom is -0.493 e. The highest BCUT2D eigenvalue weighted by molar-refractivity contribution is 5.98. The first-order valence-corrected chi connectivity index (χ1v) is 12.0. The Kier molecular flexibility index (Phi) is 10.4. The number of aromatic nitrogens is 1. The third kappa shape index (κ3) is 7.02. The van der Waals surface area contributed by atoms with Crippen LogP contribution in [0, 0.1) is 18.7 Å². The number of carbonyl (C=O) groups excluding carboxylic acids is 3. The summed E-state index contributed by atoms with van der Waals surface area (Å²) in [6, 6.07) is 5.06. The van der Waals surface area contributed by atoms with E-state index in [9.17, 15) is 18.8 Å². The molecule has 8 nitrogen and oxygen atoms in total. The fourth-order valence-corrected chi connectivity index (χ4v) is 4.38. The number of amides is 1. The number of esters is 2. The summed E-state index contributed by atoms with van der Waals surface area (Å²) < 4.78 is 29.8. The van der Waals surface area contributed by atoms with Gasteiger partial charge in [0.25, 0.3) is 5.91 Å². The minimum atomic E-state index is -1.02. The lowest BCUT2D eigenvalue weighted by Gasteiger charge is -2.32. The number of aryl methyl sites for hydroxylation is 1. The molecule has 1 amide bonds. The molecule has 0 unspecified atom stereocenters.